The van der Waals surface area contributed by atoms with Crippen LogP contribution in [0.3, 0.4) is 0 Å². The molecule has 2 heterocycles. The van der Waals surface area contributed by atoms with Gasteiger partial charge in [0, 0.05) is 25.3 Å². The Morgan fingerprint density at radius 1 is 1.29 bits per heavy atom. The van der Waals surface area contributed by atoms with Crippen LogP contribution in [0.1, 0.15) is 30.1 Å². The van der Waals surface area contributed by atoms with Gasteiger partial charge in [0.2, 0.25) is 5.43 Å². The molecule has 11 heteroatoms. The number of nitrogens with two attached hydrogens (primary N) is 1. The third kappa shape index (κ3) is 4.14. The number of fused-ring (bicyclic) bond motifs is 1. The number of pyridine rings is 1. The summed E-state index contributed by atoms with van der Waals surface area (Å²) in [6.45, 7) is 1.95. The average molecular weight is 437 g/mol. The predicted octanol–water partition coefficient (Wildman–Crippen LogP) is 1.19. The van der Waals surface area contributed by atoms with Gasteiger partial charge in [0.05, 0.1) is 10.9 Å². The van der Waals surface area contributed by atoms with Gasteiger partial charge in [0.1, 0.15) is 23.2 Å². The average Bonchev–Trinajstić information content (AvgIpc) is 3.25. The first-order valence-corrected chi connectivity index (χ1v) is 9.41. The SMILES string of the molecule is CC(O)C(=O)O.NC1CCC2=C1CN(c1c(F)cc3c(=O)c(C(=O)O)c[nH]c3c1F)C2. The number of hydrogen-bond donors (Lipinski definition) is 5. The summed E-state index contributed by atoms with van der Waals surface area (Å²) >= 11 is 0. The van der Waals surface area contributed by atoms with Crippen LogP contribution in [-0.2, 0) is 4.79 Å². The molecule has 1 aliphatic carbocycles. The van der Waals surface area contributed by atoms with Crippen molar-refractivity contribution in [2.45, 2.75) is 31.9 Å². The molecule has 2 aliphatic rings. The number of aliphatic carboxylic acids is 1. The van der Waals surface area contributed by atoms with E-state index in [-0.39, 0.29) is 22.6 Å². The summed E-state index contributed by atoms with van der Waals surface area (Å²) in [4.78, 5) is 36.6. The molecule has 2 unspecified atom stereocenters. The maximum absolute atomic E-state index is 14.9. The first kappa shape index (κ1) is 22.4. The maximum atomic E-state index is 14.9. The first-order chi connectivity index (χ1) is 14.5. The number of carbonyl (C=O) groups is 2. The van der Waals surface area contributed by atoms with Crippen molar-refractivity contribution in [1.82, 2.24) is 4.98 Å². The summed E-state index contributed by atoms with van der Waals surface area (Å²) < 4.78 is 29.5. The molecule has 0 saturated heterocycles. The van der Waals surface area contributed by atoms with Crippen LogP contribution in [0.5, 0.6) is 0 Å². The molecule has 1 aromatic carbocycles. The van der Waals surface area contributed by atoms with Crippen molar-refractivity contribution < 1.29 is 33.7 Å². The fourth-order valence-corrected chi connectivity index (χ4v) is 3.72. The summed E-state index contributed by atoms with van der Waals surface area (Å²) in [5.74, 6) is -4.44. The van der Waals surface area contributed by atoms with Crippen LogP contribution >= 0.6 is 0 Å². The van der Waals surface area contributed by atoms with Gasteiger partial charge in [0.15, 0.2) is 5.82 Å². The Hall–Kier alpha value is -3.31. The molecular formula is C20H21F2N3O6. The molecule has 0 fully saturated rings. The molecule has 1 aromatic heterocycles. The van der Waals surface area contributed by atoms with E-state index in [0.29, 0.717) is 13.1 Å². The molecular weight excluding hydrogens is 416 g/mol. The Labute approximate surface area is 174 Å². The molecule has 0 bridgehead atoms. The van der Waals surface area contributed by atoms with Crippen LogP contribution in [0.15, 0.2) is 28.2 Å². The molecule has 0 radical (unpaired) electrons. The Morgan fingerprint density at radius 2 is 1.94 bits per heavy atom. The number of halogens is 2. The molecule has 0 spiro atoms. The number of hydrogen-bond acceptors (Lipinski definition) is 6. The Kier molecular flexibility index (Phi) is 6.09. The maximum Gasteiger partial charge on any atom is 0.341 e. The van der Waals surface area contributed by atoms with E-state index in [1.807, 2.05) is 0 Å². The highest BCUT2D eigenvalue weighted by Gasteiger charge is 2.33. The van der Waals surface area contributed by atoms with Gasteiger partial charge < -0.3 is 30.9 Å². The zero-order chi connectivity index (χ0) is 23.0. The zero-order valence-corrected chi connectivity index (χ0v) is 16.5. The van der Waals surface area contributed by atoms with Crippen molar-refractivity contribution in [3.63, 3.8) is 0 Å². The Bertz CT molecular complexity index is 1160. The topological polar surface area (TPSA) is 157 Å². The number of nitrogens with one attached hydrogen (secondary N) is 1. The number of aliphatic hydroxyl groups excluding tert-OH is 1. The summed E-state index contributed by atoms with van der Waals surface area (Å²) in [6, 6.07) is 0.812. The number of aromatic carboxylic acids is 1. The van der Waals surface area contributed by atoms with E-state index in [4.69, 9.17) is 21.1 Å². The van der Waals surface area contributed by atoms with E-state index < -0.39 is 40.7 Å². The highest BCUT2D eigenvalue weighted by atomic mass is 19.1. The van der Waals surface area contributed by atoms with Crippen molar-refractivity contribution in [3.8, 4) is 0 Å². The first-order valence-electron chi connectivity index (χ1n) is 9.41. The van der Waals surface area contributed by atoms with Crippen LogP contribution in [-0.4, -0.2) is 57.5 Å². The molecule has 2 aromatic rings. The number of rotatable bonds is 3. The second-order valence-electron chi connectivity index (χ2n) is 7.42. The summed E-state index contributed by atoms with van der Waals surface area (Å²) in [5, 5.41) is 24.4. The molecule has 6 N–H and O–H groups in total. The number of H-pyrrole nitrogens is 1. The molecule has 2 atom stereocenters. The van der Waals surface area contributed by atoms with Crippen molar-refractivity contribution in [2.24, 2.45) is 5.73 Å². The molecule has 0 saturated carbocycles. The number of aromatic amines is 1. The van der Waals surface area contributed by atoms with E-state index in [2.05, 4.69) is 4.98 Å². The lowest BCUT2D eigenvalue weighted by Gasteiger charge is -2.23. The van der Waals surface area contributed by atoms with Crippen LogP contribution < -0.4 is 16.1 Å². The fourth-order valence-electron chi connectivity index (χ4n) is 3.72. The van der Waals surface area contributed by atoms with E-state index in [1.165, 1.54) is 6.92 Å². The third-order valence-electron chi connectivity index (χ3n) is 5.35. The lowest BCUT2D eigenvalue weighted by atomic mass is 10.1. The van der Waals surface area contributed by atoms with Crippen molar-refractivity contribution in [3.05, 3.63) is 50.8 Å². The van der Waals surface area contributed by atoms with Crippen LogP contribution in [0, 0.1) is 11.6 Å². The quantitative estimate of drug-likeness (QED) is 0.448. The Balaban J connectivity index is 0.000000401. The lowest BCUT2D eigenvalue weighted by Crippen LogP contribution is -2.29. The largest absolute Gasteiger partial charge is 0.479 e. The Morgan fingerprint density at radius 3 is 2.48 bits per heavy atom. The molecule has 31 heavy (non-hydrogen) atoms. The van der Waals surface area contributed by atoms with E-state index in [0.717, 1.165) is 36.3 Å². The number of anilines is 1. The minimum Gasteiger partial charge on any atom is -0.479 e. The number of carboxylic acid groups (broad SMARTS) is 2. The van der Waals surface area contributed by atoms with Gasteiger partial charge in [-0.2, -0.15) is 0 Å². The van der Waals surface area contributed by atoms with Crippen LogP contribution in [0.4, 0.5) is 14.5 Å². The smallest absolute Gasteiger partial charge is 0.341 e. The minimum atomic E-state index is -1.46. The van der Waals surface area contributed by atoms with Gasteiger partial charge in [-0.25, -0.2) is 18.4 Å². The number of aliphatic hydroxyl groups is 1. The highest BCUT2D eigenvalue weighted by molar-refractivity contribution is 5.93. The molecule has 0 amide bonds. The second kappa shape index (κ2) is 8.44. The van der Waals surface area contributed by atoms with Gasteiger partial charge in [-0.15, -0.1) is 0 Å². The number of aromatic nitrogens is 1. The zero-order valence-electron chi connectivity index (χ0n) is 16.5. The van der Waals surface area contributed by atoms with Crippen molar-refractivity contribution in [2.75, 3.05) is 18.0 Å². The summed E-state index contributed by atoms with van der Waals surface area (Å²) in [7, 11) is 0. The standard InChI is InChI=1S/C17H15F2N3O3.C3H6O3/c18-11-3-8-14(21-4-9(16(8)23)17(24)25)13(19)15(11)22-5-7-1-2-12(20)10(7)6-22;1-2(4)3(5)6/h3-4,12H,1-2,5-6,20H2,(H,21,23)(H,24,25);2,4H,1H3,(H,5,6). The van der Waals surface area contributed by atoms with Crippen molar-refractivity contribution >= 4 is 28.5 Å². The van der Waals surface area contributed by atoms with Crippen LogP contribution in [0.2, 0.25) is 0 Å². The molecule has 4 rings (SSSR count). The summed E-state index contributed by atoms with van der Waals surface area (Å²) in [5.41, 5.74) is 6.23. The molecule has 9 nitrogen and oxygen atoms in total. The van der Waals surface area contributed by atoms with Gasteiger partial charge >= 0.3 is 11.9 Å². The normalized spacial score (nSPS) is 18.6. The number of nitrogens with zero attached hydrogens (tertiary/aromatic N) is 1. The third-order valence-corrected chi connectivity index (χ3v) is 5.35. The fraction of sp³-hybridized carbons (Fsp3) is 0.350. The van der Waals surface area contributed by atoms with Crippen molar-refractivity contribution in [1.29, 1.82) is 0 Å². The van der Waals surface area contributed by atoms with Gasteiger partial charge in [-0.05, 0) is 37.0 Å². The van der Waals surface area contributed by atoms with E-state index in [9.17, 15) is 23.2 Å². The van der Waals surface area contributed by atoms with Gasteiger partial charge in [0.25, 0.3) is 0 Å². The van der Waals surface area contributed by atoms with Gasteiger partial charge in [-0.1, -0.05) is 0 Å². The van der Waals surface area contributed by atoms with E-state index >= 15 is 0 Å². The number of carboxylic acids is 2. The lowest BCUT2D eigenvalue weighted by molar-refractivity contribution is -0.145. The molecule has 1 aliphatic heterocycles. The summed E-state index contributed by atoms with van der Waals surface area (Å²) in [6.07, 6.45) is 1.37. The predicted molar refractivity (Wildman–Crippen MR) is 107 cm³/mol. The monoisotopic (exact) mass is 437 g/mol. The van der Waals surface area contributed by atoms with E-state index in [1.54, 1.807) is 4.90 Å². The van der Waals surface area contributed by atoms with Gasteiger partial charge in [-0.3, -0.25) is 4.79 Å². The number of benzene rings is 1. The minimum absolute atomic E-state index is 0.0792. The van der Waals surface area contributed by atoms with Crippen LogP contribution in [0.25, 0.3) is 10.9 Å². The highest BCUT2D eigenvalue weighted by Crippen LogP contribution is 2.37. The second-order valence-corrected chi connectivity index (χ2v) is 7.42. The molecule has 166 valence electrons.